The molecule has 2 heterocycles. The topological polar surface area (TPSA) is 73.0 Å². The fraction of sp³-hybridized carbons (Fsp3) is 0.625. The first-order chi connectivity index (χ1) is 14.9. The van der Waals surface area contributed by atoms with Gasteiger partial charge in [-0.1, -0.05) is 30.3 Å². The minimum Gasteiger partial charge on any atom is -0.352 e. The standard InChI is InChI=1S/C24H34N4O3/c1-18(22(30)25-21-8-9-21)26-14-16-28(17-15-26)23(31)24(20-6-4-3-5-7-20)10-12-27(13-11-24)19(2)29/h3-7,18,21H,8-17H2,1-2H3,(H,25,30). The van der Waals surface area contributed by atoms with Crippen LogP contribution in [0, 0.1) is 0 Å². The van der Waals surface area contributed by atoms with Gasteiger partial charge in [-0.3, -0.25) is 19.3 Å². The van der Waals surface area contributed by atoms with E-state index in [1.807, 2.05) is 47.1 Å². The number of rotatable bonds is 5. The summed E-state index contributed by atoms with van der Waals surface area (Å²) >= 11 is 0. The molecule has 7 nitrogen and oxygen atoms in total. The van der Waals surface area contributed by atoms with Crippen molar-refractivity contribution in [3.63, 3.8) is 0 Å². The Hall–Kier alpha value is -2.41. The van der Waals surface area contributed by atoms with Crippen LogP contribution in [-0.4, -0.2) is 83.8 Å². The Morgan fingerprint density at radius 3 is 2.10 bits per heavy atom. The summed E-state index contributed by atoms with van der Waals surface area (Å²) in [5.74, 6) is 0.331. The van der Waals surface area contributed by atoms with Gasteiger partial charge in [0.15, 0.2) is 0 Å². The molecule has 7 heteroatoms. The zero-order valence-electron chi connectivity index (χ0n) is 18.7. The van der Waals surface area contributed by atoms with Crippen LogP contribution in [0.3, 0.4) is 0 Å². The predicted molar refractivity (Wildman–Crippen MR) is 118 cm³/mol. The van der Waals surface area contributed by atoms with E-state index < -0.39 is 5.41 Å². The van der Waals surface area contributed by atoms with Crippen LogP contribution in [-0.2, 0) is 19.8 Å². The van der Waals surface area contributed by atoms with E-state index in [0.717, 1.165) is 18.4 Å². The minimum absolute atomic E-state index is 0.0705. The second-order valence-electron chi connectivity index (χ2n) is 9.24. The molecular formula is C24H34N4O3. The Labute approximate surface area is 184 Å². The normalized spacial score (nSPS) is 22.6. The minimum atomic E-state index is -0.579. The van der Waals surface area contributed by atoms with Crippen LogP contribution in [0.15, 0.2) is 30.3 Å². The van der Waals surface area contributed by atoms with Crippen molar-refractivity contribution in [2.75, 3.05) is 39.3 Å². The van der Waals surface area contributed by atoms with Gasteiger partial charge in [0.25, 0.3) is 0 Å². The fourth-order valence-corrected chi connectivity index (χ4v) is 4.92. The molecule has 2 saturated heterocycles. The number of amides is 3. The molecule has 3 amide bonds. The molecule has 0 bridgehead atoms. The number of carbonyl (C=O) groups is 3. The number of piperazine rings is 1. The highest BCUT2D eigenvalue weighted by atomic mass is 16.2. The first-order valence-electron chi connectivity index (χ1n) is 11.6. The molecule has 1 saturated carbocycles. The molecule has 1 unspecified atom stereocenters. The second-order valence-corrected chi connectivity index (χ2v) is 9.24. The molecule has 31 heavy (non-hydrogen) atoms. The summed E-state index contributed by atoms with van der Waals surface area (Å²) in [6, 6.07) is 10.2. The highest BCUT2D eigenvalue weighted by molar-refractivity contribution is 5.89. The summed E-state index contributed by atoms with van der Waals surface area (Å²) in [7, 11) is 0. The molecule has 3 fully saturated rings. The third kappa shape index (κ3) is 4.61. The maximum absolute atomic E-state index is 13.8. The van der Waals surface area contributed by atoms with Crippen LogP contribution in [0.5, 0.6) is 0 Å². The lowest BCUT2D eigenvalue weighted by atomic mass is 9.71. The van der Waals surface area contributed by atoms with Gasteiger partial charge in [-0.2, -0.15) is 0 Å². The summed E-state index contributed by atoms with van der Waals surface area (Å²) in [6.45, 7) is 7.43. The van der Waals surface area contributed by atoms with E-state index in [2.05, 4.69) is 10.2 Å². The summed E-state index contributed by atoms with van der Waals surface area (Å²) in [5.41, 5.74) is 0.465. The van der Waals surface area contributed by atoms with Crippen LogP contribution in [0.2, 0.25) is 0 Å². The SMILES string of the molecule is CC(=O)N1CCC(C(=O)N2CCN(C(C)C(=O)NC3CC3)CC2)(c2ccccc2)CC1. The number of nitrogens with one attached hydrogen (secondary N) is 1. The van der Waals surface area contributed by atoms with E-state index in [9.17, 15) is 14.4 Å². The molecule has 1 aromatic rings. The Morgan fingerprint density at radius 2 is 1.55 bits per heavy atom. The number of carbonyl (C=O) groups excluding carboxylic acids is 3. The molecule has 2 aliphatic heterocycles. The quantitative estimate of drug-likeness (QED) is 0.772. The number of piperidine rings is 1. The molecular weight excluding hydrogens is 392 g/mol. The molecule has 0 spiro atoms. The lowest BCUT2D eigenvalue weighted by molar-refractivity contribution is -0.144. The third-order valence-electron chi connectivity index (χ3n) is 7.25. The molecule has 1 N–H and O–H groups in total. The number of hydrogen-bond acceptors (Lipinski definition) is 4. The van der Waals surface area contributed by atoms with Crippen molar-refractivity contribution < 1.29 is 14.4 Å². The van der Waals surface area contributed by atoms with Crippen molar-refractivity contribution in [2.45, 2.75) is 57.0 Å². The summed E-state index contributed by atoms with van der Waals surface area (Å²) < 4.78 is 0. The predicted octanol–water partition coefficient (Wildman–Crippen LogP) is 1.38. The van der Waals surface area contributed by atoms with Crippen molar-refractivity contribution in [1.29, 1.82) is 0 Å². The van der Waals surface area contributed by atoms with E-state index in [1.54, 1.807) is 6.92 Å². The fourth-order valence-electron chi connectivity index (χ4n) is 4.92. The molecule has 1 atom stereocenters. The maximum Gasteiger partial charge on any atom is 0.237 e. The first kappa shape index (κ1) is 21.8. The third-order valence-corrected chi connectivity index (χ3v) is 7.25. The largest absolute Gasteiger partial charge is 0.352 e. The van der Waals surface area contributed by atoms with Gasteiger partial charge in [-0.05, 0) is 38.2 Å². The highest BCUT2D eigenvalue weighted by Gasteiger charge is 2.46. The molecule has 4 rings (SSSR count). The van der Waals surface area contributed by atoms with E-state index in [0.29, 0.717) is 58.2 Å². The van der Waals surface area contributed by atoms with Crippen LogP contribution >= 0.6 is 0 Å². The lowest BCUT2D eigenvalue weighted by Crippen LogP contribution is -2.59. The molecule has 1 aromatic carbocycles. The van der Waals surface area contributed by atoms with Gasteiger partial charge >= 0.3 is 0 Å². The van der Waals surface area contributed by atoms with E-state index in [4.69, 9.17) is 0 Å². The highest BCUT2D eigenvalue weighted by Crippen LogP contribution is 2.38. The number of likely N-dealkylation sites (tertiary alicyclic amines) is 1. The summed E-state index contributed by atoms with van der Waals surface area (Å²) in [4.78, 5) is 44.1. The van der Waals surface area contributed by atoms with E-state index in [1.165, 1.54) is 0 Å². The van der Waals surface area contributed by atoms with Crippen molar-refractivity contribution >= 4 is 17.7 Å². The maximum atomic E-state index is 13.8. The van der Waals surface area contributed by atoms with Gasteiger partial charge in [-0.15, -0.1) is 0 Å². The average molecular weight is 427 g/mol. The Kier molecular flexibility index (Phi) is 6.32. The number of hydrogen-bond donors (Lipinski definition) is 1. The molecule has 168 valence electrons. The van der Waals surface area contributed by atoms with E-state index >= 15 is 0 Å². The zero-order valence-corrected chi connectivity index (χ0v) is 18.7. The van der Waals surface area contributed by atoms with Crippen LogP contribution in [0.4, 0.5) is 0 Å². The molecule has 1 aliphatic carbocycles. The monoisotopic (exact) mass is 426 g/mol. The Balaban J connectivity index is 1.43. The van der Waals surface area contributed by atoms with Gasteiger partial charge in [0, 0.05) is 52.2 Å². The van der Waals surface area contributed by atoms with Gasteiger partial charge < -0.3 is 15.1 Å². The number of benzene rings is 1. The van der Waals surface area contributed by atoms with Crippen molar-refractivity contribution in [3.8, 4) is 0 Å². The molecule has 0 aromatic heterocycles. The lowest BCUT2D eigenvalue weighted by Gasteiger charge is -2.45. The van der Waals surface area contributed by atoms with E-state index in [-0.39, 0.29) is 23.8 Å². The number of nitrogens with zero attached hydrogens (tertiary/aromatic N) is 3. The molecule has 0 radical (unpaired) electrons. The second kappa shape index (κ2) is 8.99. The summed E-state index contributed by atoms with van der Waals surface area (Å²) in [5, 5.41) is 3.08. The first-order valence-corrected chi connectivity index (χ1v) is 11.6. The van der Waals surface area contributed by atoms with Crippen molar-refractivity contribution in [2.24, 2.45) is 0 Å². The van der Waals surface area contributed by atoms with Crippen LogP contribution in [0.1, 0.15) is 45.1 Å². The van der Waals surface area contributed by atoms with Gasteiger partial charge in [0.1, 0.15) is 0 Å². The van der Waals surface area contributed by atoms with Gasteiger partial charge in [-0.25, -0.2) is 0 Å². The van der Waals surface area contributed by atoms with Gasteiger partial charge in [0.2, 0.25) is 17.7 Å². The Bertz CT molecular complexity index is 807. The molecule has 3 aliphatic rings. The smallest absolute Gasteiger partial charge is 0.237 e. The Morgan fingerprint density at radius 1 is 0.935 bits per heavy atom. The summed E-state index contributed by atoms with van der Waals surface area (Å²) in [6.07, 6.45) is 3.47. The van der Waals surface area contributed by atoms with Gasteiger partial charge in [0.05, 0.1) is 11.5 Å². The zero-order chi connectivity index (χ0) is 22.0. The van der Waals surface area contributed by atoms with Crippen LogP contribution < -0.4 is 5.32 Å². The van der Waals surface area contributed by atoms with Crippen molar-refractivity contribution in [1.82, 2.24) is 20.0 Å². The van der Waals surface area contributed by atoms with Crippen LogP contribution in [0.25, 0.3) is 0 Å². The van der Waals surface area contributed by atoms with Crippen molar-refractivity contribution in [3.05, 3.63) is 35.9 Å². The average Bonchev–Trinajstić information content (AvgIpc) is 3.62.